The lowest BCUT2D eigenvalue weighted by molar-refractivity contribution is 0.0952. The predicted octanol–water partition coefficient (Wildman–Crippen LogP) is 3.33. The minimum absolute atomic E-state index is 0.142. The molecule has 94 valence electrons. The average molecular weight is 325 g/mol. The van der Waals surface area contributed by atoms with E-state index in [0.29, 0.717) is 17.8 Å². The molecule has 0 aliphatic carbocycles. The molecule has 18 heavy (non-hydrogen) atoms. The summed E-state index contributed by atoms with van der Waals surface area (Å²) in [6, 6.07) is 7.43. The molecule has 1 aromatic carbocycles. The Bertz CT molecular complexity index is 580. The SMILES string of the molecule is Cc1ccc(C(=O)NCc2cc(Br)cs2)c(N)c1. The summed E-state index contributed by atoms with van der Waals surface area (Å²) < 4.78 is 1.03. The first-order chi connectivity index (χ1) is 8.56. The Morgan fingerprint density at radius 3 is 2.83 bits per heavy atom. The second-order valence-corrected chi connectivity index (χ2v) is 5.92. The van der Waals surface area contributed by atoms with Crippen LogP contribution in [0, 0.1) is 6.92 Å². The fraction of sp³-hybridized carbons (Fsp3) is 0.154. The molecule has 3 N–H and O–H groups in total. The van der Waals surface area contributed by atoms with Gasteiger partial charge in [-0.2, -0.15) is 0 Å². The molecular formula is C13H13BrN2OS. The third-order valence-corrected chi connectivity index (χ3v) is 4.19. The van der Waals surface area contributed by atoms with Crippen LogP contribution in [0.3, 0.4) is 0 Å². The second kappa shape index (κ2) is 5.54. The lowest BCUT2D eigenvalue weighted by Crippen LogP contribution is -2.23. The quantitative estimate of drug-likeness (QED) is 0.851. The summed E-state index contributed by atoms with van der Waals surface area (Å²) in [7, 11) is 0. The van der Waals surface area contributed by atoms with Crippen molar-refractivity contribution in [3.63, 3.8) is 0 Å². The number of carbonyl (C=O) groups excluding carboxylic acids is 1. The summed E-state index contributed by atoms with van der Waals surface area (Å²) in [5, 5.41) is 4.85. The highest BCUT2D eigenvalue weighted by atomic mass is 79.9. The van der Waals surface area contributed by atoms with Crippen molar-refractivity contribution in [2.24, 2.45) is 0 Å². The normalized spacial score (nSPS) is 10.3. The lowest BCUT2D eigenvalue weighted by atomic mass is 10.1. The number of rotatable bonds is 3. The van der Waals surface area contributed by atoms with Gasteiger partial charge in [-0.1, -0.05) is 6.07 Å². The molecule has 1 heterocycles. The van der Waals surface area contributed by atoms with Gasteiger partial charge < -0.3 is 11.1 Å². The van der Waals surface area contributed by atoms with E-state index in [9.17, 15) is 4.79 Å². The molecule has 0 atom stereocenters. The summed E-state index contributed by atoms with van der Waals surface area (Å²) in [4.78, 5) is 13.1. The Labute approximate surface area is 118 Å². The fourth-order valence-corrected chi connectivity index (χ4v) is 2.99. The fourth-order valence-electron chi connectivity index (χ4n) is 1.60. The number of nitrogen functional groups attached to an aromatic ring is 1. The first-order valence-electron chi connectivity index (χ1n) is 5.43. The van der Waals surface area contributed by atoms with Gasteiger partial charge in [-0.15, -0.1) is 11.3 Å². The van der Waals surface area contributed by atoms with Gasteiger partial charge >= 0.3 is 0 Å². The van der Waals surface area contributed by atoms with E-state index in [1.54, 1.807) is 23.5 Å². The number of hydrogen-bond donors (Lipinski definition) is 2. The van der Waals surface area contributed by atoms with Crippen LogP contribution in [-0.2, 0) is 6.54 Å². The van der Waals surface area contributed by atoms with Crippen molar-refractivity contribution in [1.29, 1.82) is 0 Å². The minimum atomic E-state index is -0.142. The first kappa shape index (κ1) is 13.1. The maximum absolute atomic E-state index is 12.0. The molecule has 0 spiro atoms. The Kier molecular flexibility index (Phi) is 4.04. The third-order valence-electron chi connectivity index (χ3n) is 2.50. The number of amides is 1. The molecular weight excluding hydrogens is 312 g/mol. The first-order valence-corrected chi connectivity index (χ1v) is 7.11. The molecule has 0 saturated carbocycles. The number of hydrogen-bond acceptors (Lipinski definition) is 3. The largest absolute Gasteiger partial charge is 0.398 e. The molecule has 2 rings (SSSR count). The van der Waals surface area contributed by atoms with Crippen molar-refractivity contribution >= 4 is 38.9 Å². The standard InChI is InChI=1S/C13H13BrN2OS/c1-8-2-3-11(12(15)4-8)13(17)16-6-10-5-9(14)7-18-10/h2-5,7H,6,15H2,1H3,(H,16,17). The Morgan fingerprint density at radius 2 is 2.22 bits per heavy atom. The number of anilines is 1. The zero-order chi connectivity index (χ0) is 13.1. The van der Waals surface area contributed by atoms with Crippen LogP contribution in [0.1, 0.15) is 20.8 Å². The highest BCUT2D eigenvalue weighted by molar-refractivity contribution is 9.10. The van der Waals surface area contributed by atoms with Crippen LogP contribution < -0.4 is 11.1 Å². The summed E-state index contributed by atoms with van der Waals surface area (Å²) in [5.41, 5.74) is 7.92. The molecule has 5 heteroatoms. The van der Waals surface area contributed by atoms with Gasteiger partial charge in [0.2, 0.25) is 0 Å². The van der Waals surface area contributed by atoms with E-state index < -0.39 is 0 Å². The number of carbonyl (C=O) groups is 1. The van der Waals surface area contributed by atoms with Crippen molar-refractivity contribution < 1.29 is 4.79 Å². The van der Waals surface area contributed by atoms with Gasteiger partial charge in [0, 0.05) is 20.4 Å². The van der Waals surface area contributed by atoms with Crippen LogP contribution in [-0.4, -0.2) is 5.91 Å². The zero-order valence-corrected chi connectivity index (χ0v) is 12.3. The monoisotopic (exact) mass is 324 g/mol. The molecule has 1 aromatic heterocycles. The topological polar surface area (TPSA) is 55.1 Å². The van der Waals surface area contributed by atoms with Gasteiger partial charge in [0.25, 0.3) is 5.91 Å². The molecule has 0 bridgehead atoms. The van der Waals surface area contributed by atoms with E-state index in [4.69, 9.17) is 5.73 Å². The van der Waals surface area contributed by atoms with E-state index in [2.05, 4.69) is 21.2 Å². The van der Waals surface area contributed by atoms with Gasteiger partial charge in [-0.3, -0.25) is 4.79 Å². The minimum Gasteiger partial charge on any atom is -0.398 e. The maximum Gasteiger partial charge on any atom is 0.253 e. The van der Waals surface area contributed by atoms with Gasteiger partial charge in [0.15, 0.2) is 0 Å². The number of aryl methyl sites for hydroxylation is 1. The summed E-state index contributed by atoms with van der Waals surface area (Å²) in [6.07, 6.45) is 0. The molecule has 0 aliphatic heterocycles. The lowest BCUT2D eigenvalue weighted by Gasteiger charge is -2.07. The van der Waals surface area contributed by atoms with Gasteiger partial charge in [0.1, 0.15) is 0 Å². The van der Waals surface area contributed by atoms with Crippen molar-refractivity contribution in [2.75, 3.05) is 5.73 Å². The van der Waals surface area contributed by atoms with Crippen LogP contribution in [0.2, 0.25) is 0 Å². The van der Waals surface area contributed by atoms with Crippen LogP contribution in [0.4, 0.5) is 5.69 Å². The van der Waals surface area contributed by atoms with Crippen molar-refractivity contribution in [1.82, 2.24) is 5.32 Å². The second-order valence-electron chi connectivity index (χ2n) is 4.00. The average Bonchev–Trinajstić information content (AvgIpc) is 2.72. The Hall–Kier alpha value is -1.33. The van der Waals surface area contributed by atoms with Crippen LogP contribution in [0.15, 0.2) is 34.1 Å². The van der Waals surface area contributed by atoms with E-state index >= 15 is 0 Å². The molecule has 0 unspecified atom stereocenters. The Morgan fingerprint density at radius 1 is 1.44 bits per heavy atom. The molecule has 3 nitrogen and oxygen atoms in total. The van der Waals surface area contributed by atoms with Crippen molar-refractivity contribution in [3.8, 4) is 0 Å². The molecule has 1 amide bonds. The number of thiophene rings is 1. The van der Waals surface area contributed by atoms with Gasteiger partial charge in [0.05, 0.1) is 12.1 Å². The van der Waals surface area contributed by atoms with E-state index in [-0.39, 0.29) is 5.91 Å². The molecule has 0 saturated heterocycles. The number of nitrogens with one attached hydrogen (secondary N) is 1. The molecule has 0 fully saturated rings. The van der Waals surface area contributed by atoms with Crippen molar-refractivity contribution in [2.45, 2.75) is 13.5 Å². The van der Waals surface area contributed by atoms with Crippen LogP contribution in [0.5, 0.6) is 0 Å². The van der Waals surface area contributed by atoms with Crippen LogP contribution in [0.25, 0.3) is 0 Å². The van der Waals surface area contributed by atoms with Gasteiger partial charge in [-0.25, -0.2) is 0 Å². The smallest absolute Gasteiger partial charge is 0.253 e. The number of benzene rings is 1. The molecule has 0 aliphatic rings. The van der Waals surface area contributed by atoms with E-state index in [1.165, 1.54) is 0 Å². The maximum atomic E-state index is 12.0. The number of halogens is 1. The summed E-state index contributed by atoms with van der Waals surface area (Å²) in [6.45, 7) is 2.46. The molecule has 2 aromatic rings. The highest BCUT2D eigenvalue weighted by Gasteiger charge is 2.09. The Balaban J connectivity index is 2.03. The number of nitrogens with two attached hydrogens (primary N) is 1. The van der Waals surface area contributed by atoms with E-state index in [0.717, 1.165) is 14.9 Å². The van der Waals surface area contributed by atoms with E-state index in [1.807, 2.05) is 24.4 Å². The predicted molar refractivity (Wildman–Crippen MR) is 78.8 cm³/mol. The highest BCUT2D eigenvalue weighted by Crippen LogP contribution is 2.20. The van der Waals surface area contributed by atoms with Gasteiger partial charge in [-0.05, 0) is 46.6 Å². The zero-order valence-electron chi connectivity index (χ0n) is 9.87. The van der Waals surface area contributed by atoms with Crippen molar-refractivity contribution in [3.05, 3.63) is 50.1 Å². The summed E-state index contributed by atoms with van der Waals surface area (Å²) >= 11 is 4.98. The third kappa shape index (κ3) is 3.11. The summed E-state index contributed by atoms with van der Waals surface area (Å²) in [5.74, 6) is -0.142. The molecule has 0 radical (unpaired) electrons. The van der Waals surface area contributed by atoms with Crippen LogP contribution >= 0.6 is 27.3 Å².